The Labute approximate surface area is 145 Å². The average Bonchev–Trinajstić information content (AvgIpc) is 2.85. The topological polar surface area (TPSA) is 0 Å². The van der Waals surface area contributed by atoms with Crippen LogP contribution in [0.5, 0.6) is 0 Å². The molecule has 0 spiro atoms. The minimum absolute atomic E-state index is 0.153. The van der Waals surface area contributed by atoms with Gasteiger partial charge >= 0.3 is 0 Å². The van der Waals surface area contributed by atoms with Crippen molar-refractivity contribution in [2.45, 2.75) is 12.3 Å². The van der Waals surface area contributed by atoms with Crippen molar-refractivity contribution in [1.29, 1.82) is 0 Å². The van der Waals surface area contributed by atoms with Crippen LogP contribution in [-0.2, 0) is 5.41 Å². The second-order valence-corrected chi connectivity index (χ2v) is 7.00. The molecule has 0 aliphatic heterocycles. The van der Waals surface area contributed by atoms with E-state index in [9.17, 15) is 0 Å². The number of hydrogen-bond acceptors (Lipinski definition) is 0. The van der Waals surface area contributed by atoms with Crippen molar-refractivity contribution in [2.24, 2.45) is 0 Å². The van der Waals surface area contributed by atoms with E-state index in [1.165, 1.54) is 27.8 Å². The van der Waals surface area contributed by atoms with Gasteiger partial charge in [0.1, 0.15) is 0 Å². The third-order valence-electron chi connectivity index (χ3n) is 4.89. The standard InChI is InChI=1S/C22H15Br/c1-3-15-9-11-20-18(13-15)19-14-17(23)10-12-21(19)22(20,2)16-7-5-4-6-8-16/h1,4-14H,2H3. The molecular formula is C22H15Br. The van der Waals surface area contributed by atoms with Crippen LogP contribution in [0, 0.1) is 12.3 Å². The molecule has 0 N–H and O–H groups in total. The number of terminal acetylenes is 1. The zero-order valence-corrected chi connectivity index (χ0v) is 14.4. The van der Waals surface area contributed by atoms with E-state index >= 15 is 0 Å². The molecule has 3 aromatic rings. The Balaban J connectivity index is 2.09. The fourth-order valence-corrected chi connectivity index (χ4v) is 4.06. The molecular weight excluding hydrogens is 344 g/mol. The summed E-state index contributed by atoms with van der Waals surface area (Å²) < 4.78 is 1.09. The predicted molar refractivity (Wildman–Crippen MR) is 99.5 cm³/mol. The van der Waals surface area contributed by atoms with Crippen molar-refractivity contribution in [3.8, 4) is 23.5 Å². The predicted octanol–water partition coefficient (Wildman–Crippen LogP) is 5.77. The first-order valence-corrected chi connectivity index (χ1v) is 8.41. The largest absolute Gasteiger partial charge is 0.115 e. The van der Waals surface area contributed by atoms with E-state index in [1.54, 1.807) is 0 Å². The number of benzene rings is 3. The monoisotopic (exact) mass is 358 g/mol. The van der Waals surface area contributed by atoms with Crippen LogP contribution in [0.25, 0.3) is 11.1 Å². The first-order valence-electron chi connectivity index (χ1n) is 7.61. The molecule has 0 nitrogen and oxygen atoms in total. The molecule has 1 heteroatoms. The van der Waals surface area contributed by atoms with Crippen molar-refractivity contribution < 1.29 is 0 Å². The second-order valence-electron chi connectivity index (χ2n) is 6.09. The van der Waals surface area contributed by atoms with Gasteiger partial charge in [0, 0.05) is 15.5 Å². The van der Waals surface area contributed by atoms with Gasteiger partial charge in [0.05, 0.1) is 0 Å². The molecule has 1 aliphatic carbocycles. The van der Waals surface area contributed by atoms with Gasteiger partial charge in [-0.15, -0.1) is 6.42 Å². The summed E-state index contributed by atoms with van der Waals surface area (Å²) in [7, 11) is 0. The maximum atomic E-state index is 5.61. The molecule has 23 heavy (non-hydrogen) atoms. The molecule has 0 amide bonds. The quantitative estimate of drug-likeness (QED) is 0.484. The lowest BCUT2D eigenvalue weighted by molar-refractivity contribution is 0.714. The van der Waals surface area contributed by atoms with Crippen molar-refractivity contribution in [1.82, 2.24) is 0 Å². The first-order chi connectivity index (χ1) is 11.1. The molecule has 4 rings (SSSR count). The molecule has 3 aromatic carbocycles. The van der Waals surface area contributed by atoms with Gasteiger partial charge in [0.2, 0.25) is 0 Å². The fraction of sp³-hybridized carbons (Fsp3) is 0.0909. The number of rotatable bonds is 1. The van der Waals surface area contributed by atoms with Crippen LogP contribution in [-0.4, -0.2) is 0 Å². The highest BCUT2D eigenvalue weighted by molar-refractivity contribution is 9.10. The zero-order chi connectivity index (χ0) is 16.0. The summed E-state index contributed by atoms with van der Waals surface area (Å²) in [6.07, 6.45) is 5.61. The van der Waals surface area contributed by atoms with Gasteiger partial charge in [0.15, 0.2) is 0 Å². The maximum absolute atomic E-state index is 5.61. The summed E-state index contributed by atoms with van der Waals surface area (Å²) in [5.74, 6) is 2.76. The summed E-state index contributed by atoms with van der Waals surface area (Å²) in [6.45, 7) is 2.30. The zero-order valence-electron chi connectivity index (χ0n) is 12.8. The normalized spacial score (nSPS) is 18.1. The first kappa shape index (κ1) is 14.3. The Morgan fingerprint density at radius 2 is 1.52 bits per heavy atom. The van der Waals surface area contributed by atoms with Crippen molar-refractivity contribution in [3.63, 3.8) is 0 Å². The Kier molecular flexibility index (Phi) is 3.18. The SMILES string of the molecule is C#Cc1ccc2c(c1)-c1cc(Br)ccc1C2(C)c1ccccc1. The molecule has 0 heterocycles. The van der Waals surface area contributed by atoms with Crippen LogP contribution >= 0.6 is 15.9 Å². The van der Waals surface area contributed by atoms with E-state index in [0.29, 0.717) is 0 Å². The van der Waals surface area contributed by atoms with E-state index in [2.05, 4.69) is 89.4 Å². The Bertz CT molecular complexity index is 947. The van der Waals surface area contributed by atoms with E-state index in [4.69, 9.17) is 6.42 Å². The Morgan fingerprint density at radius 1 is 0.870 bits per heavy atom. The average molecular weight is 359 g/mol. The van der Waals surface area contributed by atoms with Crippen molar-refractivity contribution >= 4 is 15.9 Å². The summed E-state index contributed by atoms with van der Waals surface area (Å²) in [5, 5.41) is 0. The molecule has 0 fully saturated rings. The lowest BCUT2D eigenvalue weighted by Gasteiger charge is -2.28. The molecule has 0 aromatic heterocycles. The van der Waals surface area contributed by atoms with E-state index in [-0.39, 0.29) is 5.41 Å². The van der Waals surface area contributed by atoms with Crippen molar-refractivity contribution in [3.05, 3.63) is 93.5 Å². The summed E-state index contributed by atoms with van der Waals surface area (Å²) in [6, 6.07) is 23.6. The van der Waals surface area contributed by atoms with E-state index < -0.39 is 0 Å². The molecule has 1 aliphatic rings. The van der Waals surface area contributed by atoms with Gasteiger partial charge < -0.3 is 0 Å². The summed E-state index contributed by atoms with van der Waals surface area (Å²) in [5.41, 5.74) is 7.22. The second kappa shape index (κ2) is 5.11. The molecule has 1 atom stereocenters. The summed E-state index contributed by atoms with van der Waals surface area (Å²) >= 11 is 3.61. The molecule has 0 bridgehead atoms. The minimum Gasteiger partial charge on any atom is -0.115 e. The smallest absolute Gasteiger partial charge is 0.0435 e. The third kappa shape index (κ3) is 1.99. The number of halogens is 1. The highest BCUT2D eigenvalue weighted by Gasteiger charge is 2.40. The number of fused-ring (bicyclic) bond motifs is 3. The van der Waals surface area contributed by atoms with Crippen molar-refractivity contribution in [2.75, 3.05) is 0 Å². The van der Waals surface area contributed by atoms with Gasteiger partial charge in [-0.2, -0.15) is 0 Å². The van der Waals surface area contributed by atoms with E-state index in [0.717, 1.165) is 10.0 Å². The van der Waals surface area contributed by atoms with E-state index in [1.807, 2.05) is 6.07 Å². The number of hydrogen-bond donors (Lipinski definition) is 0. The van der Waals surface area contributed by atoms with Gasteiger partial charge in [-0.1, -0.05) is 64.3 Å². The summed E-state index contributed by atoms with van der Waals surface area (Å²) in [4.78, 5) is 0. The van der Waals surface area contributed by atoms with Crippen LogP contribution in [0.1, 0.15) is 29.2 Å². The maximum Gasteiger partial charge on any atom is 0.0435 e. The van der Waals surface area contributed by atoms with Crippen LogP contribution in [0.2, 0.25) is 0 Å². The minimum atomic E-state index is -0.153. The Hall–Kier alpha value is -2.30. The molecule has 0 saturated heterocycles. The van der Waals surface area contributed by atoms with Crippen LogP contribution in [0.3, 0.4) is 0 Å². The van der Waals surface area contributed by atoms with Gasteiger partial charge in [0.25, 0.3) is 0 Å². The third-order valence-corrected chi connectivity index (χ3v) is 5.38. The highest BCUT2D eigenvalue weighted by atomic mass is 79.9. The molecule has 0 radical (unpaired) electrons. The fourth-order valence-electron chi connectivity index (χ4n) is 3.70. The van der Waals surface area contributed by atoms with Gasteiger partial charge in [-0.3, -0.25) is 0 Å². The molecule has 0 saturated carbocycles. The van der Waals surface area contributed by atoms with Gasteiger partial charge in [-0.25, -0.2) is 0 Å². The lowest BCUT2D eigenvalue weighted by atomic mass is 9.74. The highest BCUT2D eigenvalue weighted by Crippen LogP contribution is 2.52. The van der Waals surface area contributed by atoms with Gasteiger partial charge in [-0.05, 0) is 59.0 Å². The lowest BCUT2D eigenvalue weighted by Crippen LogP contribution is -2.22. The Morgan fingerprint density at radius 3 is 2.22 bits per heavy atom. The van der Waals surface area contributed by atoms with Crippen LogP contribution in [0.15, 0.2) is 71.2 Å². The van der Waals surface area contributed by atoms with Crippen LogP contribution in [0.4, 0.5) is 0 Å². The molecule has 110 valence electrons. The van der Waals surface area contributed by atoms with Crippen LogP contribution < -0.4 is 0 Å². The molecule has 1 unspecified atom stereocenters.